The maximum atomic E-state index is 12.9. The first kappa shape index (κ1) is 19.0. The second-order valence-electron chi connectivity index (χ2n) is 5.88. The van der Waals surface area contributed by atoms with E-state index in [9.17, 15) is 22.8 Å². The number of likely N-dealkylation sites (tertiary alicyclic amines) is 1. The first-order valence-electron chi connectivity index (χ1n) is 7.63. The van der Waals surface area contributed by atoms with Crippen molar-refractivity contribution in [2.75, 3.05) is 26.7 Å². The Morgan fingerprint density at radius 3 is 2.56 bits per heavy atom. The first-order valence-corrected chi connectivity index (χ1v) is 7.63. The van der Waals surface area contributed by atoms with Gasteiger partial charge in [0.1, 0.15) is 5.75 Å². The number of carbonyl (C=O) groups excluding carboxylic acids is 1. The Morgan fingerprint density at radius 1 is 1.32 bits per heavy atom. The number of nitrogens with one attached hydrogen (secondary N) is 1. The van der Waals surface area contributed by atoms with E-state index < -0.39 is 36.4 Å². The summed E-state index contributed by atoms with van der Waals surface area (Å²) in [6, 6.07) is 7.04. The van der Waals surface area contributed by atoms with Crippen molar-refractivity contribution in [1.82, 2.24) is 10.2 Å². The van der Waals surface area contributed by atoms with Crippen molar-refractivity contribution in [2.24, 2.45) is 11.8 Å². The smallest absolute Gasteiger partial charge is 0.393 e. The number of hydrogen-bond acceptors (Lipinski definition) is 4. The van der Waals surface area contributed by atoms with Crippen molar-refractivity contribution < 1.29 is 32.6 Å². The highest BCUT2D eigenvalue weighted by Crippen LogP contribution is 2.37. The lowest BCUT2D eigenvalue weighted by Gasteiger charge is -2.18. The van der Waals surface area contributed by atoms with E-state index in [4.69, 9.17) is 9.84 Å². The van der Waals surface area contributed by atoms with Crippen LogP contribution in [0.2, 0.25) is 0 Å². The van der Waals surface area contributed by atoms with Gasteiger partial charge < -0.3 is 15.2 Å². The van der Waals surface area contributed by atoms with Crippen LogP contribution in [0, 0.1) is 11.8 Å². The Hall–Kier alpha value is -2.29. The number of carbonyl (C=O) groups is 2. The average Bonchev–Trinajstić information content (AvgIpc) is 2.97. The summed E-state index contributed by atoms with van der Waals surface area (Å²) in [4.78, 5) is 24.2. The molecule has 0 aliphatic carbocycles. The second-order valence-corrected chi connectivity index (χ2v) is 5.88. The molecule has 0 aromatic heterocycles. The molecule has 1 heterocycles. The highest BCUT2D eigenvalue weighted by atomic mass is 19.4. The largest absolute Gasteiger partial charge is 0.496 e. The van der Waals surface area contributed by atoms with Gasteiger partial charge in [-0.05, 0) is 6.07 Å². The van der Waals surface area contributed by atoms with Crippen molar-refractivity contribution in [1.29, 1.82) is 0 Å². The minimum Gasteiger partial charge on any atom is -0.496 e. The number of aliphatic carboxylic acids is 1. The van der Waals surface area contributed by atoms with Crippen LogP contribution in [0.15, 0.2) is 24.3 Å². The van der Waals surface area contributed by atoms with Crippen LogP contribution in [-0.2, 0) is 16.1 Å². The Labute approximate surface area is 142 Å². The zero-order chi connectivity index (χ0) is 18.6. The molecule has 9 heteroatoms. The molecule has 2 rings (SSSR count). The van der Waals surface area contributed by atoms with Crippen molar-refractivity contribution in [3.63, 3.8) is 0 Å². The Bertz CT molecular complexity index is 636. The van der Waals surface area contributed by atoms with Crippen LogP contribution in [0.1, 0.15) is 5.56 Å². The summed E-state index contributed by atoms with van der Waals surface area (Å²) in [7, 11) is 1.49. The van der Waals surface area contributed by atoms with Crippen LogP contribution in [0.4, 0.5) is 13.2 Å². The summed E-state index contributed by atoms with van der Waals surface area (Å²) in [5.41, 5.74) is 0.733. The number of ether oxygens (including phenoxy) is 1. The Morgan fingerprint density at radius 2 is 2.00 bits per heavy atom. The molecule has 2 atom stereocenters. The predicted octanol–water partition coefficient (Wildman–Crippen LogP) is 1.51. The standard InChI is InChI=1S/C16H19F3N2O4/c1-25-13-5-3-2-4-10(13)6-20-14(22)9-21-7-11(15(23)24)12(8-21)16(17,18)19/h2-5,11-12H,6-9H2,1H3,(H,20,22)(H,23,24)/t11-,12-/m1/s1. The quantitative estimate of drug-likeness (QED) is 0.804. The molecule has 138 valence electrons. The van der Waals surface area contributed by atoms with Gasteiger partial charge in [-0.25, -0.2) is 0 Å². The molecule has 0 spiro atoms. The molecule has 1 aromatic carbocycles. The average molecular weight is 360 g/mol. The summed E-state index contributed by atoms with van der Waals surface area (Å²) < 4.78 is 43.9. The Kier molecular flexibility index (Phi) is 5.89. The van der Waals surface area contributed by atoms with Crippen molar-refractivity contribution in [3.8, 4) is 5.75 Å². The summed E-state index contributed by atoms with van der Waals surface area (Å²) in [6.45, 7) is -0.919. The summed E-state index contributed by atoms with van der Waals surface area (Å²) in [5.74, 6) is -4.90. The van der Waals surface area contributed by atoms with Crippen LogP contribution in [0.5, 0.6) is 5.75 Å². The maximum absolute atomic E-state index is 12.9. The SMILES string of the molecule is COc1ccccc1CNC(=O)CN1C[C@@H](C(F)(F)F)[C@H](C(=O)O)C1. The number of nitrogens with zero attached hydrogens (tertiary/aromatic N) is 1. The molecular weight excluding hydrogens is 341 g/mol. The van der Waals surface area contributed by atoms with Gasteiger partial charge in [0.25, 0.3) is 0 Å². The number of rotatable bonds is 6. The number of hydrogen-bond donors (Lipinski definition) is 2. The van der Waals surface area contributed by atoms with Crippen molar-refractivity contribution in [2.45, 2.75) is 12.7 Å². The lowest BCUT2D eigenvalue weighted by Crippen LogP contribution is -2.36. The van der Waals surface area contributed by atoms with Gasteiger partial charge >= 0.3 is 12.1 Å². The van der Waals surface area contributed by atoms with Gasteiger partial charge in [0.05, 0.1) is 25.5 Å². The number of carboxylic acid groups (broad SMARTS) is 1. The lowest BCUT2D eigenvalue weighted by atomic mass is 9.96. The van der Waals surface area contributed by atoms with Crippen molar-refractivity contribution >= 4 is 11.9 Å². The fourth-order valence-electron chi connectivity index (χ4n) is 2.90. The van der Waals surface area contributed by atoms with Gasteiger partial charge in [0.2, 0.25) is 5.91 Å². The summed E-state index contributed by atoms with van der Waals surface area (Å²) in [5, 5.41) is 11.6. The normalized spacial score (nSPS) is 21.1. The molecule has 1 saturated heterocycles. The van der Waals surface area contributed by atoms with Gasteiger partial charge in [0, 0.05) is 25.2 Å². The second kappa shape index (κ2) is 7.73. The third kappa shape index (κ3) is 4.85. The summed E-state index contributed by atoms with van der Waals surface area (Å²) in [6.07, 6.45) is -4.61. The minimum absolute atomic E-state index is 0.168. The highest BCUT2D eigenvalue weighted by Gasteiger charge is 2.52. The highest BCUT2D eigenvalue weighted by molar-refractivity contribution is 5.78. The van der Waals surface area contributed by atoms with E-state index in [1.54, 1.807) is 24.3 Å². The monoisotopic (exact) mass is 360 g/mol. The summed E-state index contributed by atoms with van der Waals surface area (Å²) >= 11 is 0. The molecule has 1 aliphatic rings. The molecule has 25 heavy (non-hydrogen) atoms. The van der Waals surface area contributed by atoms with Crippen LogP contribution in [0.25, 0.3) is 0 Å². The molecular formula is C16H19F3N2O4. The van der Waals surface area contributed by atoms with Crippen LogP contribution < -0.4 is 10.1 Å². The number of para-hydroxylation sites is 1. The molecule has 0 saturated carbocycles. The molecule has 0 bridgehead atoms. The molecule has 2 N–H and O–H groups in total. The number of carboxylic acids is 1. The fraction of sp³-hybridized carbons (Fsp3) is 0.500. The third-order valence-corrected chi connectivity index (χ3v) is 4.17. The number of benzene rings is 1. The number of amides is 1. The molecule has 0 unspecified atom stereocenters. The zero-order valence-corrected chi connectivity index (χ0v) is 13.5. The van der Waals surface area contributed by atoms with Crippen LogP contribution >= 0.6 is 0 Å². The van der Waals surface area contributed by atoms with Gasteiger partial charge in [-0.1, -0.05) is 18.2 Å². The predicted molar refractivity (Wildman–Crippen MR) is 82.0 cm³/mol. The van der Waals surface area contributed by atoms with Crippen LogP contribution in [0.3, 0.4) is 0 Å². The van der Waals surface area contributed by atoms with Crippen LogP contribution in [-0.4, -0.2) is 54.8 Å². The number of halogens is 3. The molecule has 1 aliphatic heterocycles. The molecule has 1 fully saturated rings. The van der Waals surface area contributed by atoms with Gasteiger partial charge in [-0.15, -0.1) is 0 Å². The van der Waals surface area contributed by atoms with E-state index in [0.717, 1.165) is 5.56 Å². The maximum Gasteiger partial charge on any atom is 0.393 e. The van der Waals surface area contributed by atoms with E-state index >= 15 is 0 Å². The first-order chi connectivity index (χ1) is 11.7. The number of methoxy groups -OCH3 is 1. The Balaban J connectivity index is 1.91. The van der Waals surface area contributed by atoms with E-state index in [1.165, 1.54) is 12.0 Å². The number of alkyl halides is 3. The molecule has 6 nitrogen and oxygen atoms in total. The molecule has 1 aromatic rings. The van der Waals surface area contributed by atoms with E-state index in [2.05, 4.69) is 5.32 Å². The van der Waals surface area contributed by atoms with Gasteiger partial charge in [0.15, 0.2) is 0 Å². The fourth-order valence-corrected chi connectivity index (χ4v) is 2.90. The van der Waals surface area contributed by atoms with E-state index in [0.29, 0.717) is 5.75 Å². The molecule has 1 amide bonds. The van der Waals surface area contributed by atoms with Crippen molar-refractivity contribution in [3.05, 3.63) is 29.8 Å². The molecule has 0 radical (unpaired) electrons. The lowest BCUT2D eigenvalue weighted by molar-refractivity contribution is -0.188. The van der Waals surface area contributed by atoms with E-state index in [1.807, 2.05) is 0 Å². The van der Waals surface area contributed by atoms with Gasteiger partial charge in [-0.2, -0.15) is 13.2 Å². The topological polar surface area (TPSA) is 78.9 Å². The zero-order valence-electron chi connectivity index (χ0n) is 13.5. The van der Waals surface area contributed by atoms with Gasteiger partial charge in [-0.3, -0.25) is 14.5 Å². The van der Waals surface area contributed by atoms with E-state index in [-0.39, 0.29) is 19.6 Å². The third-order valence-electron chi connectivity index (χ3n) is 4.17. The minimum atomic E-state index is -4.61.